The Morgan fingerprint density at radius 2 is 1.74 bits per heavy atom. The van der Waals surface area contributed by atoms with Crippen LogP contribution in [0.3, 0.4) is 0 Å². The molecule has 140 valence electrons. The van der Waals surface area contributed by atoms with Gasteiger partial charge in [-0.3, -0.25) is 9.59 Å². The highest BCUT2D eigenvalue weighted by molar-refractivity contribution is 5.94. The number of amides is 2. The van der Waals surface area contributed by atoms with Gasteiger partial charge in [-0.25, -0.2) is 0 Å². The molecule has 4 heteroatoms. The second-order valence-electron chi connectivity index (χ2n) is 7.57. The molecule has 0 spiro atoms. The van der Waals surface area contributed by atoms with Gasteiger partial charge < -0.3 is 10.2 Å². The predicted molar refractivity (Wildman–Crippen MR) is 106 cm³/mol. The number of hydrogen-bond acceptors (Lipinski definition) is 2. The van der Waals surface area contributed by atoms with E-state index in [1.807, 2.05) is 47.4 Å². The molecule has 0 unspecified atom stereocenters. The Labute approximate surface area is 160 Å². The van der Waals surface area contributed by atoms with E-state index in [1.165, 1.54) is 24.0 Å². The van der Waals surface area contributed by atoms with Gasteiger partial charge in [0.2, 0.25) is 5.91 Å². The third-order valence-electron chi connectivity index (χ3n) is 5.69. The summed E-state index contributed by atoms with van der Waals surface area (Å²) in [6, 6.07) is 15.8. The van der Waals surface area contributed by atoms with E-state index in [9.17, 15) is 9.59 Å². The molecule has 2 amide bonds. The lowest BCUT2D eigenvalue weighted by Crippen LogP contribution is -2.38. The van der Waals surface area contributed by atoms with Crippen molar-refractivity contribution in [3.63, 3.8) is 0 Å². The van der Waals surface area contributed by atoms with Gasteiger partial charge in [0, 0.05) is 25.1 Å². The third-order valence-corrected chi connectivity index (χ3v) is 5.69. The summed E-state index contributed by atoms with van der Waals surface area (Å²) in [5, 5.41) is 3.17. The van der Waals surface area contributed by atoms with Crippen molar-refractivity contribution in [3.05, 3.63) is 70.8 Å². The molecule has 4 nitrogen and oxygen atoms in total. The van der Waals surface area contributed by atoms with E-state index in [0.29, 0.717) is 18.5 Å². The number of aryl methyl sites for hydroxylation is 2. The van der Waals surface area contributed by atoms with Gasteiger partial charge in [-0.1, -0.05) is 36.4 Å². The van der Waals surface area contributed by atoms with E-state index in [4.69, 9.17) is 0 Å². The van der Waals surface area contributed by atoms with E-state index < -0.39 is 0 Å². The van der Waals surface area contributed by atoms with Crippen molar-refractivity contribution in [2.45, 2.75) is 44.6 Å². The fraction of sp³-hybridized carbons (Fsp3) is 0.391. The Hall–Kier alpha value is -2.62. The maximum absolute atomic E-state index is 13.0. The van der Waals surface area contributed by atoms with E-state index in [-0.39, 0.29) is 17.9 Å². The van der Waals surface area contributed by atoms with Gasteiger partial charge in [0.25, 0.3) is 5.91 Å². The van der Waals surface area contributed by atoms with E-state index in [2.05, 4.69) is 11.4 Å². The summed E-state index contributed by atoms with van der Waals surface area (Å²) >= 11 is 0. The zero-order valence-electron chi connectivity index (χ0n) is 15.6. The molecular weight excluding hydrogens is 336 g/mol. The molecule has 4 rings (SSSR count). The van der Waals surface area contributed by atoms with Crippen LogP contribution >= 0.6 is 0 Å². The molecule has 1 saturated heterocycles. The molecule has 0 bridgehead atoms. The standard InChI is InChI=1S/C23H26N2O2/c26-22-11-6-14-25(22)16-21(18-8-2-1-3-9-18)24-23(27)20-13-12-17-7-4-5-10-19(17)15-20/h1-3,8-9,12-13,15,21H,4-7,10-11,14,16H2,(H,24,27)/t21-/m1/s1. The van der Waals surface area contributed by atoms with Crippen LogP contribution in [0.2, 0.25) is 0 Å². The van der Waals surface area contributed by atoms with Gasteiger partial charge in [-0.2, -0.15) is 0 Å². The maximum atomic E-state index is 13.0. The maximum Gasteiger partial charge on any atom is 0.251 e. The molecule has 0 radical (unpaired) electrons. The highest BCUT2D eigenvalue weighted by Gasteiger charge is 2.25. The largest absolute Gasteiger partial charge is 0.343 e. The summed E-state index contributed by atoms with van der Waals surface area (Å²) in [6.45, 7) is 1.30. The molecule has 0 aromatic heterocycles. The number of hydrogen-bond donors (Lipinski definition) is 1. The fourth-order valence-corrected chi connectivity index (χ4v) is 4.15. The Balaban J connectivity index is 1.53. The van der Waals surface area contributed by atoms with E-state index >= 15 is 0 Å². The molecule has 27 heavy (non-hydrogen) atoms. The van der Waals surface area contributed by atoms with Crippen molar-refractivity contribution >= 4 is 11.8 Å². The lowest BCUT2D eigenvalue weighted by molar-refractivity contribution is -0.128. The SMILES string of the molecule is O=C(N[C@H](CN1CCCC1=O)c1ccccc1)c1ccc2c(c1)CCCC2. The van der Waals surface area contributed by atoms with Crippen LogP contribution in [0.4, 0.5) is 0 Å². The lowest BCUT2D eigenvalue weighted by atomic mass is 9.90. The Morgan fingerprint density at radius 3 is 2.48 bits per heavy atom. The van der Waals surface area contributed by atoms with Crippen LogP contribution in [-0.4, -0.2) is 29.8 Å². The summed E-state index contributed by atoms with van der Waals surface area (Å²) < 4.78 is 0. The molecule has 1 aliphatic heterocycles. The monoisotopic (exact) mass is 362 g/mol. The van der Waals surface area contributed by atoms with Gasteiger partial charge in [-0.15, -0.1) is 0 Å². The van der Waals surface area contributed by atoms with Crippen molar-refractivity contribution in [2.75, 3.05) is 13.1 Å². The average molecular weight is 362 g/mol. The van der Waals surface area contributed by atoms with Crippen LogP contribution in [0.5, 0.6) is 0 Å². The summed E-state index contributed by atoms with van der Waals surface area (Å²) in [5.41, 5.74) is 4.42. The zero-order chi connectivity index (χ0) is 18.6. The smallest absolute Gasteiger partial charge is 0.251 e. The number of nitrogens with one attached hydrogen (secondary N) is 1. The van der Waals surface area contributed by atoms with Crippen molar-refractivity contribution in [1.29, 1.82) is 0 Å². The number of benzene rings is 2. The second-order valence-corrected chi connectivity index (χ2v) is 7.57. The third kappa shape index (κ3) is 4.05. The number of nitrogens with zero attached hydrogens (tertiary/aromatic N) is 1. The van der Waals surface area contributed by atoms with Crippen molar-refractivity contribution in [1.82, 2.24) is 10.2 Å². The number of carbonyl (C=O) groups excluding carboxylic acids is 2. The minimum absolute atomic E-state index is 0.0659. The van der Waals surface area contributed by atoms with Gasteiger partial charge in [0.15, 0.2) is 0 Å². The van der Waals surface area contributed by atoms with Gasteiger partial charge >= 0.3 is 0 Å². The van der Waals surface area contributed by atoms with Crippen LogP contribution in [-0.2, 0) is 17.6 Å². The Morgan fingerprint density at radius 1 is 0.963 bits per heavy atom. The normalized spacial score (nSPS) is 17.5. The number of carbonyl (C=O) groups is 2. The zero-order valence-corrected chi connectivity index (χ0v) is 15.6. The van der Waals surface area contributed by atoms with Gasteiger partial charge in [0.05, 0.1) is 6.04 Å². The van der Waals surface area contributed by atoms with Crippen molar-refractivity contribution in [3.8, 4) is 0 Å². The van der Waals surface area contributed by atoms with Gasteiger partial charge in [-0.05, 0) is 60.9 Å². The Kier molecular flexibility index (Phi) is 5.23. The number of fused-ring (bicyclic) bond motifs is 1. The first kappa shape index (κ1) is 17.8. The molecule has 1 N–H and O–H groups in total. The molecule has 1 aliphatic carbocycles. The van der Waals surface area contributed by atoms with E-state index in [1.54, 1.807) is 0 Å². The molecular formula is C23H26N2O2. The molecule has 2 aliphatic rings. The quantitative estimate of drug-likeness (QED) is 0.882. The minimum atomic E-state index is -0.197. The van der Waals surface area contributed by atoms with Crippen molar-refractivity contribution < 1.29 is 9.59 Å². The molecule has 1 heterocycles. The predicted octanol–water partition coefficient (Wildman–Crippen LogP) is 3.66. The van der Waals surface area contributed by atoms with Gasteiger partial charge in [0.1, 0.15) is 0 Å². The van der Waals surface area contributed by atoms with Crippen LogP contribution in [0.15, 0.2) is 48.5 Å². The highest BCUT2D eigenvalue weighted by atomic mass is 16.2. The molecule has 0 saturated carbocycles. The average Bonchev–Trinajstić information content (AvgIpc) is 3.12. The van der Waals surface area contributed by atoms with Crippen LogP contribution in [0, 0.1) is 0 Å². The Bertz CT molecular complexity index is 832. The molecule has 2 aromatic rings. The molecule has 1 fully saturated rings. The van der Waals surface area contributed by atoms with Crippen LogP contribution < -0.4 is 5.32 Å². The first-order chi connectivity index (χ1) is 13.2. The van der Waals surface area contributed by atoms with Crippen molar-refractivity contribution in [2.24, 2.45) is 0 Å². The van der Waals surface area contributed by atoms with Crippen LogP contribution in [0.25, 0.3) is 0 Å². The van der Waals surface area contributed by atoms with Crippen LogP contribution in [0.1, 0.15) is 58.8 Å². The summed E-state index contributed by atoms with van der Waals surface area (Å²) in [4.78, 5) is 26.9. The topological polar surface area (TPSA) is 49.4 Å². The molecule has 2 aromatic carbocycles. The molecule has 1 atom stereocenters. The second kappa shape index (κ2) is 7.95. The summed E-state index contributed by atoms with van der Waals surface area (Å²) in [5.74, 6) is 0.114. The fourth-order valence-electron chi connectivity index (χ4n) is 4.15. The first-order valence-electron chi connectivity index (χ1n) is 9.96. The number of rotatable bonds is 5. The summed E-state index contributed by atoms with van der Waals surface area (Å²) in [7, 11) is 0. The summed E-state index contributed by atoms with van der Waals surface area (Å²) in [6.07, 6.45) is 6.11. The minimum Gasteiger partial charge on any atom is -0.343 e. The lowest BCUT2D eigenvalue weighted by Gasteiger charge is -2.25. The highest BCUT2D eigenvalue weighted by Crippen LogP contribution is 2.23. The van der Waals surface area contributed by atoms with E-state index in [0.717, 1.165) is 31.4 Å². The first-order valence-corrected chi connectivity index (χ1v) is 9.96. The number of likely N-dealkylation sites (tertiary alicyclic amines) is 1.